The number of hydrogen-bond acceptors (Lipinski definition) is 8. The van der Waals surface area contributed by atoms with E-state index in [2.05, 4.69) is 30.1 Å². The largest absolute Gasteiger partial charge is 0.490 e. The van der Waals surface area contributed by atoms with Crippen LogP contribution < -0.4 is 10.1 Å². The molecule has 5 aromatic rings. The first kappa shape index (κ1) is 28.7. The Balaban J connectivity index is 1.48. The smallest absolute Gasteiger partial charge is 0.246 e. The molecular weight excluding hydrogens is 603 g/mol. The van der Waals surface area contributed by atoms with Crippen molar-refractivity contribution in [2.24, 2.45) is 0 Å². The van der Waals surface area contributed by atoms with Crippen molar-refractivity contribution in [3.63, 3.8) is 0 Å². The third-order valence-corrected chi connectivity index (χ3v) is 10.0. The van der Waals surface area contributed by atoms with E-state index in [0.29, 0.717) is 35.8 Å². The molecule has 0 atom stereocenters. The maximum absolute atomic E-state index is 15.9. The van der Waals surface area contributed by atoms with E-state index in [-0.39, 0.29) is 30.4 Å². The summed E-state index contributed by atoms with van der Waals surface area (Å²) in [6, 6.07) is 10.3. The number of thiophene rings is 1. The molecule has 1 amide bonds. The van der Waals surface area contributed by atoms with E-state index >= 15 is 4.39 Å². The number of carbonyl (C=O) groups is 1. The second-order valence-corrected chi connectivity index (χ2v) is 12.7. The van der Waals surface area contributed by atoms with Crippen LogP contribution in [-0.2, 0) is 30.7 Å². The molecule has 2 aliphatic heterocycles. The van der Waals surface area contributed by atoms with Crippen LogP contribution in [0.25, 0.3) is 43.2 Å². The summed E-state index contributed by atoms with van der Waals surface area (Å²) < 4.78 is 36.8. The summed E-state index contributed by atoms with van der Waals surface area (Å²) in [5.74, 6) is -1.75. The molecule has 11 heteroatoms. The van der Waals surface area contributed by atoms with Gasteiger partial charge < -0.3 is 20.1 Å². The van der Waals surface area contributed by atoms with Gasteiger partial charge in [-0.1, -0.05) is 18.7 Å². The third-order valence-electron chi connectivity index (χ3n) is 8.01. The van der Waals surface area contributed by atoms with Gasteiger partial charge in [0.05, 0.1) is 30.1 Å². The van der Waals surface area contributed by atoms with Crippen molar-refractivity contribution in [2.75, 3.05) is 26.3 Å². The van der Waals surface area contributed by atoms with Gasteiger partial charge in [0, 0.05) is 57.7 Å². The molecule has 2 N–H and O–H groups in total. The van der Waals surface area contributed by atoms with Crippen LogP contribution in [0.4, 0.5) is 8.78 Å². The zero-order valence-corrected chi connectivity index (χ0v) is 25.3. The number of fused-ring (bicyclic) bond motifs is 3. The van der Waals surface area contributed by atoms with E-state index in [4.69, 9.17) is 14.7 Å². The lowest BCUT2D eigenvalue weighted by atomic mass is 9.94. The molecule has 224 valence electrons. The summed E-state index contributed by atoms with van der Waals surface area (Å²) in [5.41, 5.74) is 6.05. The van der Waals surface area contributed by atoms with E-state index in [1.165, 1.54) is 39.9 Å². The minimum absolute atomic E-state index is 0.0209. The number of nitrogens with zero attached hydrogens (tertiary/aromatic N) is 3. The van der Waals surface area contributed by atoms with Gasteiger partial charge in [0.2, 0.25) is 5.91 Å². The third kappa shape index (κ3) is 5.09. The number of aliphatic hydroxyl groups is 1. The minimum atomic E-state index is -0.797. The van der Waals surface area contributed by atoms with E-state index in [0.717, 1.165) is 63.6 Å². The topological polar surface area (TPSA) is 87.6 Å². The Morgan fingerprint density at radius 2 is 2.00 bits per heavy atom. The summed E-state index contributed by atoms with van der Waals surface area (Å²) >= 11 is 2.86. The number of carbonyl (C=O) groups excluding carboxylic acids is 1. The summed E-state index contributed by atoms with van der Waals surface area (Å²) in [7, 11) is 0. The van der Waals surface area contributed by atoms with E-state index in [9.17, 15) is 14.3 Å². The van der Waals surface area contributed by atoms with Crippen LogP contribution in [0.1, 0.15) is 21.7 Å². The fourth-order valence-electron chi connectivity index (χ4n) is 5.93. The Bertz CT molecular complexity index is 1940. The van der Waals surface area contributed by atoms with Gasteiger partial charge in [0.1, 0.15) is 34.7 Å². The standard InChI is InChI=1S/C33H28F2N4O3S2/c1-2-27(41)39-9-6-24-26(17-39)44-33(37-24)31-29(28-23(35)14-21(34)15-25(28)42-11-10-40)32-22(7-12-43-32)30(38-31)19-3-4-20-16-36-8-5-18(20)13-19/h2-4,7,12-15,36,40H,1,5-6,8-11,16-17H2. The number of pyridine rings is 1. The number of ether oxygens (including phenoxy) is 1. The van der Waals surface area contributed by atoms with Crippen molar-refractivity contribution in [3.05, 3.63) is 87.8 Å². The first-order chi connectivity index (χ1) is 21.4. The van der Waals surface area contributed by atoms with Gasteiger partial charge >= 0.3 is 0 Å². The fraction of sp³-hybridized carbons (Fsp3) is 0.242. The number of aliphatic hydroxyl groups excluding tert-OH is 1. The summed E-state index contributed by atoms with van der Waals surface area (Å²) in [6.45, 7) is 5.81. The quantitative estimate of drug-likeness (QED) is 0.211. The number of thiazole rings is 1. The lowest BCUT2D eigenvalue weighted by Crippen LogP contribution is -2.34. The fourth-order valence-corrected chi connectivity index (χ4v) is 8.00. The number of amides is 1. The predicted octanol–water partition coefficient (Wildman–Crippen LogP) is 6.12. The average molecular weight is 631 g/mol. The summed E-state index contributed by atoms with van der Waals surface area (Å²) in [6.07, 6.45) is 2.79. The van der Waals surface area contributed by atoms with Gasteiger partial charge in [0.25, 0.3) is 0 Å². The SMILES string of the molecule is C=CC(=O)N1CCc2nc(-c3nc(-c4ccc5c(c4)CCNC5)c4ccsc4c3-c3c(F)cc(F)cc3OCCO)sc2C1. The molecule has 5 heterocycles. The van der Waals surface area contributed by atoms with E-state index < -0.39 is 11.6 Å². The van der Waals surface area contributed by atoms with Crippen LogP contribution in [0.15, 0.2) is 54.4 Å². The number of nitrogens with one attached hydrogen (secondary N) is 1. The van der Waals surface area contributed by atoms with E-state index in [1.54, 1.807) is 4.90 Å². The van der Waals surface area contributed by atoms with Crippen molar-refractivity contribution in [2.45, 2.75) is 25.9 Å². The van der Waals surface area contributed by atoms with Crippen LogP contribution in [0.5, 0.6) is 5.75 Å². The summed E-state index contributed by atoms with van der Waals surface area (Å²) in [4.78, 5) is 25.2. The monoisotopic (exact) mass is 630 g/mol. The molecule has 0 radical (unpaired) electrons. The molecule has 2 aliphatic rings. The van der Waals surface area contributed by atoms with Gasteiger partial charge in [-0.05, 0) is 47.7 Å². The molecule has 0 saturated heterocycles. The number of benzene rings is 2. The van der Waals surface area contributed by atoms with Crippen molar-refractivity contribution in [3.8, 4) is 38.8 Å². The van der Waals surface area contributed by atoms with Crippen molar-refractivity contribution in [1.29, 1.82) is 0 Å². The van der Waals surface area contributed by atoms with Gasteiger partial charge in [-0.15, -0.1) is 22.7 Å². The van der Waals surface area contributed by atoms with Crippen LogP contribution in [0.2, 0.25) is 0 Å². The Morgan fingerprint density at radius 3 is 2.84 bits per heavy atom. The van der Waals surface area contributed by atoms with Crippen molar-refractivity contribution in [1.82, 2.24) is 20.2 Å². The Morgan fingerprint density at radius 1 is 1.11 bits per heavy atom. The highest BCUT2D eigenvalue weighted by atomic mass is 32.1. The molecule has 44 heavy (non-hydrogen) atoms. The van der Waals surface area contributed by atoms with Crippen LogP contribution in [0.3, 0.4) is 0 Å². The van der Waals surface area contributed by atoms with Crippen LogP contribution in [-0.4, -0.2) is 52.2 Å². The zero-order valence-electron chi connectivity index (χ0n) is 23.7. The predicted molar refractivity (Wildman–Crippen MR) is 169 cm³/mol. The molecule has 0 fully saturated rings. The van der Waals surface area contributed by atoms with Crippen molar-refractivity contribution < 1.29 is 23.4 Å². The molecule has 0 unspecified atom stereocenters. The zero-order chi connectivity index (χ0) is 30.4. The molecule has 7 nitrogen and oxygen atoms in total. The molecule has 0 saturated carbocycles. The molecule has 0 bridgehead atoms. The second-order valence-electron chi connectivity index (χ2n) is 10.7. The lowest BCUT2D eigenvalue weighted by molar-refractivity contribution is -0.126. The molecular formula is C33H28F2N4O3S2. The second kappa shape index (κ2) is 11.8. The van der Waals surface area contributed by atoms with Gasteiger partial charge in [-0.25, -0.2) is 18.7 Å². The molecule has 0 spiro atoms. The Hall–Kier alpha value is -4.03. The Kier molecular flexibility index (Phi) is 7.71. The highest BCUT2D eigenvalue weighted by Gasteiger charge is 2.29. The van der Waals surface area contributed by atoms with Crippen LogP contribution in [0, 0.1) is 11.6 Å². The average Bonchev–Trinajstić information content (AvgIpc) is 3.70. The number of hydrogen-bond donors (Lipinski definition) is 2. The first-order valence-corrected chi connectivity index (χ1v) is 16.0. The van der Waals surface area contributed by atoms with Crippen LogP contribution >= 0.6 is 22.7 Å². The molecule has 3 aromatic heterocycles. The maximum Gasteiger partial charge on any atom is 0.246 e. The highest BCUT2D eigenvalue weighted by Crippen LogP contribution is 2.48. The molecule has 7 rings (SSSR count). The lowest BCUT2D eigenvalue weighted by Gasteiger charge is -2.24. The normalized spacial score (nSPS) is 14.4. The first-order valence-electron chi connectivity index (χ1n) is 14.3. The van der Waals surface area contributed by atoms with Gasteiger partial charge in [0.15, 0.2) is 0 Å². The minimum Gasteiger partial charge on any atom is -0.490 e. The van der Waals surface area contributed by atoms with E-state index in [1.807, 2.05) is 11.4 Å². The number of rotatable bonds is 7. The Labute approximate surface area is 260 Å². The highest BCUT2D eigenvalue weighted by molar-refractivity contribution is 7.18. The van der Waals surface area contributed by atoms with Crippen molar-refractivity contribution >= 4 is 38.7 Å². The number of halogens is 2. The molecule has 2 aromatic carbocycles. The number of aromatic nitrogens is 2. The molecule has 0 aliphatic carbocycles. The summed E-state index contributed by atoms with van der Waals surface area (Å²) in [5, 5.41) is 16.2. The maximum atomic E-state index is 15.9. The van der Waals surface area contributed by atoms with Gasteiger partial charge in [-0.3, -0.25) is 4.79 Å². The van der Waals surface area contributed by atoms with Gasteiger partial charge in [-0.2, -0.15) is 0 Å².